The van der Waals surface area contributed by atoms with E-state index < -0.39 is 11.8 Å². The number of hydrogen-bond acceptors (Lipinski definition) is 6. The van der Waals surface area contributed by atoms with E-state index in [4.69, 9.17) is 14.2 Å². The van der Waals surface area contributed by atoms with Crippen molar-refractivity contribution in [3.8, 4) is 17.2 Å². The summed E-state index contributed by atoms with van der Waals surface area (Å²) in [4.78, 5) is 24.2. The van der Waals surface area contributed by atoms with Crippen LogP contribution in [0.5, 0.6) is 17.2 Å². The van der Waals surface area contributed by atoms with Crippen LogP contribution in [0.1, 0.15) is 31.4 Å². The molecule has 0 heterocycles. The molecule has 2 amide bonds. The van der Waals surface area contributed by atoms with Gasteiger partial charge < -0.3 is 19.5 Å². The molecule has 0 unspecified atom stereocenters. The normalized spacial score (nSPS) is 10.6. The summed E-state index contributed by atoms with van der Waals surface area (Å²) in [7, 11) is 0. The Morgan fingerprint density at radius 1 is 0.829 bits per heavy atom. The van der Waals surface area contributed by atoms with E-state index in [1.54, 1.807) is 42.5 Å². The van der Waals surface area contributed by atoms with E-state index in [0.717, 1.165) is 5.56 Å². The van der Waals surface area contributed by atoms with Crippen molar-refractivity contribution in [2.24, 2.45) is 5.10 Å². The van der Waals surface area contributed by atoms with Crippen LogP contribution in [0.25, 0.3) is 0 Å². The Hall–Kier alpha value is -4.33. The highest BCUT2D eigenvalue weighted by atomic mass is 16.5. The Kier molecular flexibility index (Phi) is 9.68. The quantitative estimate of drug-likeness (QED) is 0.228. The first-order valence-electron chi connectivity index (χ1n) is 11.4. The number of hydrazone groups is 1. The maximum Gasteiger partial charge on any atom is 0.249 e. The molecule has 35 heavy (non-hydrogen) atoms. The lowest BCUT2D eigenvalue weighted by Crippen LogP contribution is -2.24. The molecule has 0 radical (unpaired) electrons. The zero-order chi connectivity index (χ0) is 24.9. The predicted molar refractivity (Wildman–Crippen MR) is 135 cm³/mol. The lowest BCUT2D eigenvalue weighted by atomic mass is 10.2. The topological polar surface area (TPSA) is 98.2 Å². The van der Waals surface area contributed by atoms with Gasteiger partial charge in [0.15, 0.2) is 11.5 Å². The summed E-state index contributed by atoms with van der Waals surface area (Å²) in [5, 5.41) is 6.60. The average Bonchev–Trinajstić information content (AvgIpc) is 2.86. The van der Waals surface area contributed by atoms with Crippen molar-refractivity contribution < 1.29 is 23.8 Å². The molecule has 0 aromatic heterocycles. The summed E-state index contributed by atoms with van der Waals surface area (Å²) in [6, 6.07) is 22.1. The number of benzene rings is 3. The lowest BCUT2D eigenvalue weighted by molar-refractivity contribution is -0.126. The van der Waals surface area contributed by atoms with Gasteiger partial charge >= 0.3 is 0 Å². The zero-order valence-electron chi connectivity index (χ0n) is 19.8. The van der Waals surface area contributed by atoms with Gasteiger partial charge in [0.1, 0.15) is 18.8 Å². The molecule has 3 aromatic carbocycles. The summed E-state index contributed by atoms with van der Waals surface area (Å²) in [6.07, 6.45) is 1.12. The van der Waals surface area contributed by atoms with Crippen LogP contribution in [0, 0.1) is 0 Å². The third-order valence-corrected chi connectivity index (χ3v) is 4.68. The highest BCUT2D eigenvalue weighted by molar-refractivity contribution is 6.03. The highest BCUT2D eigenvalue weighted by Crippen LogP contribution is 2.29. The fraction of sp³-hybridized carbons (Fsp3) is 0.222. The van der Waals surface area contributed by atoms with E-state index in [9.17, 15) is 9.59 Å². The standard InChI is InChI=1S/C27H29N3O5/c1-3-33-23-13-11-22(12-14-23)29-26(31)17-27(32)30-28-18-21-10-15-24(25(16-21)34-4-2)35-19-20-8-6-5-7-9-20/h5-16,18H,3-4,17,19H2,1-2H3,(H,29,31)(H,30,32). The Bertz CT molecular complexity index is 1130. The summed E-state index contributed by atoms with van der Waals surface area (Å²) in [5.74, 6) is 0.926. The summed E-state index contributed by atoms with van der Waals surface area (Å²) in [5.41, 5.74) is 4.70. The van der Waals surface area contributed by atoms with Gasteiger partial charge in [0.25, 0.3) is 0 Å². The van der Waals surface area contributed by atoms with Gasteiger partial charge in [0.2, 0.25) is 11.8 Å². The molecule has 182 valence electrons. The van der Waals surface area contributed by atoms with Gasteiger partial charge in [0, 0.05) is 5.69 Å². The summed E-state index contributed by atoms with van der Waals surface area (Å²) >= 11 is 0. The number of amides is 2. The molecule has 0 atom stereocenters. The maximum atomic E-state index is 12.1. The molecule has 0 aliphatic rings. The number of nitrogens with one attached hydrogen (secondary N) is 2. The van der Waals surface area contributed by atoms with Crippen LogP contribution in [-0.2, 0) is 16.2 Å². The third-order valence-electron chi connectivity index (χ3n) is 4.68. The predicted octanol–water partition coefficient (Wildman–Crippen LogP) is 4.54. The molecule has 0 spiro atoms. The molecule has 8 heteroatoms. The van der Waals surface area contributed by atoms with Crippen LogP contribution in [0.2, 0.25) is 0 Å². The van der Waals surface area contributed by atoms with Crippen molar-refractivity contribution >= 4 is 23.7 Å². The van der Waals surface area contributed by atoms with E-state index >= 15 is 0 Å². The fourth-order valence-corrected chi connectivity index (χ4v) is 3.10. The number of nitrogens with zero attached hydrogens (tertiary/aromatic N) is 1. The SMILES string of the molecule is CCOc1ccc(NC(=O)CC(=O)NN=Cc2ccc(OCc3ccccc3)c(OCC)c2)cc1. The monoisotopic (exact) mass is 475 g/mol. The fourth-order valence-electron chi connectivity index (χ4n) is 3.10. The molecule has 8 nitrogen and oxygen atoms in total. The third kappa shape index (κ3) is 8.51. The van der Waals surface area contributed by atoms with Crippen LogP contribution in [0.4, 0.5) is 5.69 Å². The maximum absolute atomic E-state index is 12.1. The van der Waals surface area contributed by atoms with Crippen molar-refractivity contribution in [3.63, 3.8) is 0 Å². The molecule has 3 rings (SSSR count). The van der Waals surface area contributed by atoms with Gasteiger partial charge in [-0.2, -0.15) is 5.10 Å². The van der Waals surface area contributed by atoms with Gasteiger partial charge in [-0.15, -0.1) is 0 Å². The second-order valence-corrected chi connectivity index (χ2v) is 7.39. The molecule has 3 aromatic rings. The van der Waals surface area contributed by atoms with Crippen LogP contribution in [-0.4, -0.2) is 31.2 Å². The van der Waals surface area contributed by atoms with Crippen molar-refractivity contribution in [1.29, 1.82) is 0 Å². The van der Waals surface area contributed by atoms with Gasteiger partial charge in [-0.05, 0) is 67.4 Å². The van der Waals surface area contributed by atoms with Crippen LogP contribution >= 0.6 is 0 Å². The van der Waals surface area contributed by atoms with E-state index in [1.165, 1.54) is 6.21 Å². The highest BCUT2D eigenvalue weighted by Gasteiger charge is 2.10. The van der Waals surface area contributed by atoms with E-state index in [-0.39, 0.29) is 6.42 Å². The second-order valence-electron chi connectivity index (χ2n) is 7.39. The molecule has 0 bridgehead atoms. The number of carbonyl (C=O) groups is 2. The molecule has 2 N–H and O–H groups in total. The minimum absolute atomic E-state index is 0.360. The van der Waals surface area contributed by atoms with Gasteiger partial charge in [-0.25, -0.2) is 5.43 Å². The van der Waals surface area contributed by atoms with Crippen LogP contribution in [0.15, 0.2) is 77.9 Å². The molecule has 0 saturated heterocycles. The summed E-state index contributed by atoms with van der Waals surface area (Å²) in [6.45, 7) is 5.24. The molecule has 0 fully saturated rings. The summed E-state index contributed by atoms with van der Waals surface area (Å²) < 4.78 is 16.9. The Morgan fingerprint density at radius 2 is 1.57 bits per heavy atom. The van der Waals surface area contributed by atoms with Crippen molar-refractivity contribution in [1.82, 2.24) is 5.43 Å². The minimum Gasteiger partial charge on any atom is -0.494 e. The smallest absolute Gasteiger partial charge is 0.249 e. The van der Waals surface area contributed by atoms with Gasteiger partial charge in [0.05, 0.1) is 19.4 Å². The van der Waals surface area contributed by atoms with Gasteiger partial charge in [-0.3, -0.25) is 9.59 Å². The second kappa shape index (κ2) is 13.4. The van der Waals surface area contributed by atoms with E-state index in [0.29, 0.717) is 48.3 Å². The Balaban J connectivity index is 1.50. The minimum atomic E-state index is -0.530. The number of ether oxygens (including phenoxy) is 3. The van der Waals surface area contributed by atoms with Crippen molar-refractivity contribution in [3.05, 3.63) is 83.9 Å². The molecule has 0 aliphatic heterocycles. The van der Waals surface area contributed by atoms with E-state index in [1.807, 2.05) is 44.2 Å². The van der Waals surface area contributed by atoms with Crippen LogP contribution in [0.3, 0.4) is 0 Å². The first-order valence-corrected chi connectivity index (χ1v) is 11.4. The first-order chi connectivity index (χ1) is 17.1. The van der Waals surface area contributed by atoms with Crippen molar-refractivity contribution in [2.75, 3.05) is 18.5 Å². The Labute approximate surface area is 204 Å². The first kappa shape index (κ1) is 25.3. The molecular formula is C27H29N3O5. The molecular weight excluding hydrogens is 446 g/mol. The van der Waals surface area contributed by atoms with Gasteiger partial charge in [-0.1, -0.05) is 30.3 Å². The number of anilines is 1. The number of rotatable bonds is 12. The average molecular weight is 476 g/mol. The van der Waals surface area contributed by atoms with E-state index in [2.05, 4.69) is 15.8 Å². The van der Waals surface area contributed by atoms with Crippen LogP contribution < -0.4 is 25.0 Å². The number of carbonyl (C=O) groups excluding carboxylic acids is 2. The Morgan fingerprint density at radius 3 is 2.29 bits per heavy atom. The molecule has 0 aliphatic carbocycles. The lowest BCUT2D eigenvalue weighted by Gasteiger charge is -2.12. The van der Waals surface area contributed by atoms with Crippen molar-refractivity contribution in [2.45, 2.75) is 26.9 Å². The molecule has 0 saturated carbocycles. The zero-order valence-corrected chi connectivity index (χ0v) is 19.8. The number of hydrogen-bond donors (Lipinski definition) is 2. The largest absolute Gasteiger partial charge is 0.494 e.